The molecule has 0 unspecified atom stereocenters. The van der Waals surface area contributed by atoms with E-state index in [1.54, 1.807) is 12.1 Å². The van der Waals surface area contributed by atoms with Crippen molar-refractivity contribution in [3.63, 3.8) is 0 Å². The van der Waals surface area contributed by atoms with Crippen LogP contribution in [-0.2, 0) is 0 Å². The minimum absolute atomic E-state index is 0.0999. The fourth-order valence-corrected chi connectivity index (χ4v) is 2.58. The Hall–Kier alpha value is -2.21. The van der Waals surface area contributed by atoms with E-state index in [9.17, 15) is 10.1 Å². The van der Waals surface area contributed by atoms with Gasteiger partial charge in [-0.1, -0.05) is 0 Å². The number of hydrogen-bond acceptors (Lipinski definition) is 4. The second-order valence-corrected chi connectivity index (χ2v) is 5.04. The minimum Gasteiger partial charge on any atom is -0.317 e. The van der Waals surface area contributed by atoms with Crippen LogP contribution in [0.5, 0.6) is 0 Å². The number of H-pyrrole nitrogens is 1. The molecule has 6 nitrogen and oxygen atoms in total. The van der Waals surface area contributed by atoms with Gasteiger partial charge in [0.15, 0.2) is 0 Å². The van der Waals surface area contributed by atoms with Crippen LogP contribution in [0.4, 0.5) is 5.69 Å². The van der Waals surface area contributed by atoms with E-state index in [1.807, 2.05) is 0 Å². The van der Waals surface area contributed by atoms with Gasteiger partial charge >= 0.3 is 0 Å². The summed E-state index contributed by atoms with van der Waals surface area (Å²) in [6.07, 6.45) is 2.23. The Kier molecular flexibility index (Phi) is 3.47. The summed E-state index contributed by atoms with van der Waals surface area (Å²) >= 11 is 0. The van der Waals surface area contributed by atoms with Crippen molar-refractivity contribution in [3.05, 3.63) is 46.1 Å². The van der Waals surface area contributed by atoms with E-state index in [1.165, 1.54) is 12.1 Å². The van der Waals surface area contributed by atoms with E-state index in [0.717, 1.165) is 42.9 Å². The molecule has 2 heterocycles. The van der Waals surface area contributed by atoms with Crippen LogP contribution in [0, 0.1) is 10.1 Å². The number of nitrogens with one attached hydrogen (secondary N) is 2. The van der Waals surface area contributed by atoms with E-state index in [4.69, 9.17) is 0 Å². The van der Waals surface area contributed by atoms with Gasteiger partial charge in [0.05, 0.1) is 10.6 Å². The summed E-state index contributed by atoms with van der Waals surface area (Å²) in [6.45, 7) is 2.08. The van der Waals surface area contributed by atoms with Gasteiger partial charge < -0.3 is 5.32 Å². The number of aromatic nitrogens is 2. The molecule has 0 aliphatic carbocycles. The molecule has 3 rings (SSSR count). The first kappa shape index (κ1) is 12.8. The monoisotopic (exact) mass is 272 g/mol. The second-order valence-electron chi connectivity index (χ2n) is 5.04. The standard InChI is InChI=1S/C14H16N4O2/c19-18(20)12-3-1-10(2-4-12)13-9-14(17-16-13)11-5-7-15-8-6-11/h1-4,9,11,15H,5-8H2,(H,16,17). The van der Waals surface area contributed by atoms with Crippen LogP contribution in [-0.4, -0.2) is 28.2 Å². The summed E-state index contributed by atoms with van der Waals surface area (Å²) in [6, 6.07) is 8.54. The Morgan fingerprint density at radius 2 is 1.90 bits per heavy atom. The Balaban J connectivity index is 1.80. The topological polar surface area (TPSA) is 83.9 Å². The number of nitro groups is 1. The van der Waals surface area contributed by atoms with Gasteiger partial charge in [0, 0.05) is 29.3 Å². The SMILES string of the molecule is O=[N+]([O-])c1ccc(-c2cc(C3CCNCC3)[nH]n2)cc1. The Morgan fingerprint density at radius 1 is 1.20 bits per heavy atom. The molecule has 0 atom stereocenters. The molecule has 20 heavy (non-hydrogen) atoms. The van der Waals surface area contributed by atoms with Gasteiger partial charge in [-0.05, 0) is 44.1 Å². The van der Waals surface area contributed by atoms with Crippen LogP contribution in [0.3, 0.4) is 0 Å². The largest absolute Gasteiger partial charge is 0.317 e. The predicted octanol–water partition coefficient (Wildman–Crippen LogP) is 2.45. The van der Waals surface area contributed by atoms with Crippen molar-refractivity contribution in [1.82, 2.24) is 15.5 Å². The minimum atomic E-state index is -0.394. The maximum Gasteiger partial charge on any atom is 0.269 e. The fourth-order valence-electron chi connectivity index (χ4n) is 2.58. The molecule has 1 aromatic carbocycles. The third-order valence-electron chi connectivity index (χ3n) is 3.75. The highest BCUT2D eigenvalue weighted by atomic mass is 16.6. The predicted molar refractivity (Wildman–Crippen MR) is 75.5 cm³/mol. The molecule has 0 spiro atoms. The van der Waals surface area contributed by atoms with E-state index < -0.39 is 4.92 Å². The molecule has 6 heteroatoms. The average Bonchev–Trinajstić information content (AvgIpc) is 2.98. The molecule has 104 valence electrons. The molecule has 1 aliphatic rings. The first-order valence-corrected chi connectivity index (χ1v) is 6.75. The maximum atomic E-state index is 10.6. The number of piperidine rings is 1. The number of benzene rings is 1. The van der Waals surface area contributed by atoms with Crippen molar-refractivity contribution in [3.8, 4) is 11.3 Å². The molecule has 0 radical (unpaired) electrons. The van der Waals surface area contributed by atoms with Crippen molar-refractivity contribution >= 4 is 5.69 Å². The highest BCUT2D eigenvalue weighted by Gasteiger charge is 2.18. The number of nitro benzene ring substituents is 1. The molecular weight excluding hydrogens is 256 g/mol. The Morgan fingerprint density at radius 3 is 2.55 bits per heavy atom. The lowest BCUT2D eigenvalue weighted by atomic mass is 9.94. The van der Waals surface area contributed by atoms with Crippen LogP contribution in [0.1, 0.15) is 24.5 Å². The van der Waals surface area contributed by atoms with Crippen molar-refractivity contribution in [2.24, 2.45) is 0 Å². The zero-order chi connectivity index (χ0) is 13.9. The Bertz CT molecular complexity index is 600. The van der Waals surface area contributed by atoms with Gasteiger partial charge in [-0.15, -0.1) is 0 Å². The van der Waals surface area contributed by atoms with Gasteiger partial charge in [-0.3, -0.25) is 15.2 Å². The molecule has 1 saturated heterocycles. The molecule has 0 saturated carbocycles. The quantitative estimate of drug-likeness (QED) is 0.664. The fraction of sp³-hybridized carbons (Fsp3) is 0.357. The molecule has 2 N–H and O–H groups in total. The molecule has 2 aromatic rings. The van der Waals surface area contributed by atoms with Crippen LogP contribution in [0.2, 0.25) is 0 Å². The van der Waals surface area contributed by atoms with E-state index in [2.05, 4.69) is 21.6 Å². The Labute approximate surface area is 116 Å². The van der Waals surface area contributed by atoms with Crippen LogP contribution < -0.4 is 5.32 Å². The van der Waals surface area contributed by atoms with Crippen LogP contribution >= 0.6 is 0 Å². The zero-order valence-electron chi connectivity index (χ0n) is 11.0. The molecule has 1 aliphatic heterocycles. The van der Waals surface area contributed by atoms with Crippen molar-refractivity contribution in [2.75, 3.05) is 13.1 Å². The number of non-ortho nitro benzene ring substituents is 1. The van der Waals surface area contributed by atoms with Crippen molar-refractivity contribution in [1.29, 1.82) is 0 Å². The number of rotatable bonds is 3. The highest BCUT2D eigenvalue weighted by molar-refractivity contribution is 5.61. The van der Waals surface area contributed by atoms with Gasteiger partial charge in [0.2, 0.25) is 0 Å². The second kappa shape index (κ2) is 5.42. The van der Waals surface area contributed by atoms with E-state index in [0.29, 0.717) is 5.92 Å². The van der Waals surface area contributed by atoms with Gasteiger partial charge in [0.1, 0.15) is 0 Å². The molecule has 1 fully saturated rings. The first-order valence-electron chi connectivity index (χ1n) is 6.75. The lowest BCUT2D eigenvalue weighted by Gasteiger charge is -2.20. The first-order chi connectivity index (χ1) is 9.74. The lowest BCUT2D eigenvalue weighted by molar-refractivity contribution is -0.384. The molecule has 1 aromatic heterocycles. The number of aromatic amines is 1. The summed E-state index contributed by atoms with van der Waals surface area (Å²) in [4.78, 5) is 10.2. The third-order valence-corrected chi connectivity index (χ3v) is 3.75. The smallest absolute Gasteiger partial charge is 0.269 e. The summed E-state index contributed by atoms with van der Waals surface area (Å²) in [5.41, 5.74) is 2.99. The normalized spacial score (nSPS) is 16.2. The molecule has 0 amide bonds. The van der Waals surface area contributed by atoms with Crippen molar-refractivity contribution in [2.45, 2.75) is 18.8 Å². The average molecular weight is 272 g/mol. The highest BCUT2D eigenvalue weighted by Crippen LogP contribution is 2.27. The van der Waals surface area contributed by atoms with E-state index in [-0.39, 0.29) is 5.69 Å². The van der Waals surface area contributed by atoms with Gasteiger partial charge in [0.25, 0.3) is 5.69 Å². The van der Waals surface area contributed by atoms with Crippen molar-refractivity contribution < 1.29 is 4.92 Å². The summed E-state index contributed by atoms with van der Waals surface area (Å²) in [5, 5.41) is 21.4. The van der Waals surface area contributed by atoms with E-state index >= 15 is 0 Å². The number of hydrogen-bond donors (Lipinski definition) is 2. The summed E-state index contributed by atoms with van der Waals surface area (Å²) in [7, 11) is 0. The number of nitrogens with zero attached hydrogens (tertiary/aromatic N) is 2. The van der Waals surface area contributed by atoms with Gasteiger partial charge in [-0.2, -0.15) is 5.10 Å². The molecule has 0 bridgehead atoms. The third kappa shape index (κ3) is 2.55. The van der Waals surface area contributed by atoms with Crippen LogP contribution in [0.15, 0.2) is 30.3 Å². The van der Waals surface area contributed by atoms with Crippen LogP contribution in [0.25, 0.3) is 11.3 Å². The lowest BCUT2D eigenvalue weighted by Crippen LogP contribution is -2.26. The molecular formula is C14H16N4O2. The summed E-state index contributed by atoms with van der Waals surface area (Å²) in [5.74, 6) is 0.524. The zero-order valence-corrected chi connectivity index (χ0v) is 11.0. The maximum absolute atomic E-state index is 10.6. The summed E-state index contributed by atoms with van der Waals surface area (Å²) < 4.78 is 0. The van der Waals surface area contributed by atoms with Gasteiger partial charge in [-0.25, -0.2) is 0 Å².